The molecule has 2 aliphatic heterocycles. The van der Waals surface area contributed by atoms with Gasteiger partial charge < -0.3 is 10.1 Å². The number of hydrogen-bond acceptors (Lipinski definition) is 3. The molecule has 0 aromatic carbocycles. The van der Waals surface area contributed by atoms with Gasteiger partial charge in [0.2, 0.25) is 0 Å². The summed E-state index contributed by atoms with van der Waals surface area (Å²) in [5, 5.41) is 3.27. The molecule has 3 unspecified atom stereocenters. The third-order valence-corrected chi connectivity index (χ3v) is 3.62. The Bertz CT molecular complexity index is 186. The fourth-order valence-corrected chi connectivity index (χ4v) is 2.82. The minimum absolute atomic E-state index is 0.448. The maximum absolute atomic E-state index is 5.62. The lowest BCUT2D eigenvalue weighted by Crippen LogP contribution is -2.38. The third kappa shape index (κ3) is 2.10. The Hall–Kier alpha value is -0.120. The van der Waals surface area contributed by atoms with E-state index in [1.807, 2.05) is 7.05 Å². The number of hydrogen-bond donors (Lipinski definition) is 1. The van der Waals surface area contributed by atoms with E-state index in [9.17, 15) is 0 Å². The van der Waals surface area contributed by atoms with Gasteiger partial charge in [-0.2, -0.15) is 0 Å². The molecule has 3 heteroatoms. The zero-order valence-corrected chi connectivity index (χ0v) is 9.33. The molecule has 3 nitrogen and oxygen atoms in total. The number of nitrogens with zero attached hydrogens (tertiary/aromatic N) is 1. The molecular weight excluding hydrogens is 176 g/mol. The van der Waals surface area contributed by atoms with E-state index in [1.165, 1.54) is 32.5 Å². The van der Waals surface area contributed by atoms with Crippen LogP contribution < -0.4 is 5.32 Å². The fraction of sp³-hybridized carbons (Fsp3) is 1.00. The third-order valence-electron chi connectivity index (χ3n) is 3.62. The summed E-state index contributed by atoms with van der Waals surface area (Å²) in [6.07, 6.45) is 3.03. The summed E-state index contributed by atoms with van der Waals surface area (Å²) < 4.78 is 5.62. The summed E-state index contributed by atoms with van der Waals surface area (Å²) in [5.41, 5.74) is 0. The van der Waals surface area contributed by atoms with E-state index in [-0.39, 0.29) is 0 Å². The zero-order valence-electron chi connectivity index (χ0n) is 9.33. The molecule has 1 N–H and O–H groups in total. The van der Waals surface area contributed by atoms with Crippen molar-refractivity contribution >= 4 is 0 Å². The van der Waals surface area contributed by atoms with Gasteiger partial charge in [0.25, 0.3) is 0 Å². The average Bonchev–Trinajstić information content (AvgIpc) is 2.74. The first kappa shape index (κ1) is 10.4. The molecule has 2 aliphatic rings. The van der Waals surface area contributed by atoms with E-state index in [4.69, 9.17) is 4.74 Å². The first-order valence-electron chi connectivity index (χ1n) is 5.81. The Morgan fingerprint density at radius 3 is 2.93 bits per heavy atom. The second kappa shape index (κ2) is 4.60. The van der Waals surface area contributed by atoms with Gasteiger partial charge in [0.05, 0.1) is 6.10 Å². The van der Waals surface area contributed by atoms with Crippen molar-refractivity contribution in [2.45, 2.75) is 31.9 Å². The number of ether oxygens (including phenoxy) is 1. The Labute approximate surface area is 86.8 Å². The van der Waals surface area contributed by atoms with E-state index in [2.05, 4.69) is 17.1 Å². The highest BCUT2D eigenvalue weighted by atomic mass is 16.5. The lowest BCUT2D eigenvalue weighted by Gasteiger charge is -2.26. The standard InChI is InChI=1S/C11H22N2O/c1-9-11(4-6-14-9)13-5-3-10(8-13)7-12-2/h9-12H,3-8H2,1-2H3. The van der Waals surface area contributed by atoms with E-state index >= 15 is 0 Å². The van der Waals surface area contributed by atoms with Crippen molar-refractivity contribution in [1.82, 2.24) is 10.2 Å². The van der Waals surface area contributed by atoms with E-state index in [1.54, 1.807) is 0 Å². The molecule has 0 aromatic rings. The minimum Gasteiger partial charge on any atom is -0.377 e. The number of likely N-dealkylation sites (tertiary alicyclic amines) is 1. The number of rotatable bonds is 3. The SMILES string of the molecule is CNCC1CCN(C2CCOC2C)C1. The summed E-state index contributed by atoms with van der Waals surface area (Å²) in [4.78, 5) is 2.62. The Morgan fingerprint density at radius 2 is 2.29 bits per heavy atom. The number of nitrogens with one attached hydrogen (secondary N) is 1. The molecule has 0 saturated carbocycles. The Morgan fingerprint density at radius 1 is 1.43 bits per heavy atom. The van der Waals surface area contributed by atoms with Crippen LogP contribution in [0.3, 0.4) is 0 Å². The quantitative estimate of drug-likeness (QED) is 0.722. The van der Waals surface area contributed by atoms with Crippen molar-refractivity contribution in [2.24, 2.45) is 5.92 Å². The van der Waals surface area contributed by atoms with Crippen molar-refractivity contribution in [3.05, 3.63) is 0 Å². The smallest absolute Gasteiger partial charge is 0.0703 e. The molecule has 2 saturated heterocycles. The zero-order chi connectivity index (χ0) is 9.97. The lowest BCUT2D eigenvalue weighted by molar-refractivity contribution is 0.0818. The molecule has 2 fully saturated rings. The predicted molar refractivity (Wildman–Crippen MR) is 57.4 cm³/mol. The van der Waals surface area contributed by atoms with Crippen LogP contribution >= 0.6 is 0 Å². The fourth-order valence-electron chi connectivity index (χ4n) is 2.82. The maximum Gasteiger partial charge on any atom is 0.0703 e. The van der Waals surface area contributed by atoms with Gasteiger partial charge in [0.1, 0.15) is 0 Å². The molecule has 0 radical (unpaired) electrons. The Kier molecular flexibility index (Phi) is 3.42. The van der Waals surface area contributed by atoms with E-state index < -0.39 is 0 Å². The maximum atomic E-state index is 5.62. The molecule has 2 heterocycles. The highest BCUT2D eigenvalue weighted by Gasteiger charge is 2.34. The molecule has 0 bridgehead atoms. The van der Waals surface area contributed by atoms with Crippen LogP contribution in [-0.2, 0) is 4.74 Å². The van der Waals surface area contributed by atoms with Gasteiger partial charge in [0.15, 0.2) is 0 Å². The first-order valence-corrected chi connectivity index (χ1v) is 5.81. The van der Waals surface area contributed by atoms with Crippen molar-refractivity contribution in [1.29, 1.82) is 0 Å². The summed E-state index contributed by atoms with van der Waals surface area (Å²) in [7, 11) is 2.05. The monoisotopic (exact) mass is 198 g/mol. The van der Waals surface area contributed by atoms with Gasteiger partial charge in [-0.3, -0.25) is 4.90 Å². The van der Waals surface area contributed by atoms with Crippen molar-refractivity contribution in [2.75, 3.05) is 33.3 Å². The molecule has 0 spiro atoms. The topological polar surface area (TPSA) is 24.5 Å². The van der Waals surface area contributed by atoms with Gasteiger partial charge in [0, 0.05) is 19.2 Å². The van der Waals surface area contributed by atoms with Crippen LogP contribution in [-0.4, -0.2) is 50.3 Å². The van der Waals surface area contributed by atoms with Crippen molar-refractivity contribution < 1.29 is 4.74 Å². The summed E-state index contributed by atoms with van der Waals surface area (Å²) in [6, 6.07) is 0.692. The molecule has 14 heavy (non-hydrogen) atoms. The molecule has 0 aromatic heterocycles. The summed E-state index contributed by atoms with van der Waals surface area (Å²) >= 11 is 0. The second-order valence-electron chi connectivity index (χ2n) is 4.64. The van der Waals surface area contributed by atoms with Gasteiger partial charge >= 0.3 is 0 Å². The van der Waals surface area contributed by atoms with Crippen LogP contribution in [0, 0.1) is 5.92 Å². The molecule has 0 aliphatic carbocycles. The molecule has 0 amide bonds. The molecule has 82 valence electrons. The van der Waals surface area contributed by atoms with Crippen LogP contribution in [0.1, 0.15) is 19.8 Å². The lowest BCUT2D eigenvalue weighted by atomic mass is 10.1. The van der Waals surface area contributed by atoms with Crippen LogP contribution in [0.4, 0.5) is 0 Å². The Balaban J connectivity index is 1.82. The largest absolute Gasteiger partial charge is 0.377 e. The van der Waals surface area contributed by atoms with Crippen LogP contribution in [0.2, 0.25) is 0 Å². The second-order valence-corrected chi connectivity index (χ2v) is 4.64. The van der Waals surface area contributed by atoms with Gasteiger partial charge in [-0.15, -0.1) is 0 Å². The van der Waals surface area contributed by atoms with Gasteiger partial charge in [-0.05, 0) is 45.8 Å². The average molecular weight is 198 g/mol. The van der Waals surface area contributed by atoms with Crippen molar-refractivity contribution in [3.8, 4) is 0 Å². The van der Waals surface area contributed by atoms with Crippen LogP contribution in [0.5, 0.6) is 0 Å². The van der Waals surface area contributed by atoms with E-state index in [0.717, 1.165) is 12.5 Å². The first-order chi connectivity index (χ1) is 6.81. The summed E-state index contributed by atoms with van der Waals surface area (Å²) in [5.74, 6) is 0.854. The molecule has 2 rings (SSSR count). The predicted octanol–water partition coefficient (Wildman–Crippen LogP) is 0.705. The highest BCUT2D eigenvalue weighted by molar-refractivity contribution is 4.87. The minimum atomic E-state index is 0.448. The van der Waals surface area contributed by atoms with Gasteiger partial charge in [-0.1, -0.05) is 0 Å². The molecular formula is C11H22N2O. The van der Waals surface area contributed by atoms with E-state index in [0.29, 0.717) is 12.1 Å². The van der Waals surface area contributed by atoms with Crippen LogP contribution in [0.25, 0.3) is 0 Å². The normalized spacial score (nSPS) is 39.4. The highest BCUT2D eigenvalue weighted by Crippen LogP contribution is 2.25. The van der Waals surface area contributed by atoms with Gasteiger partial charge in [-0.25, -0.2) is 0 Å². The molecule has 3 atom stereocenters. The summed E-state index contributed by atoms with van der Waals surface area (Å²) in [6.45, 7) is 6.87. The van der Waals surface area contributed by atoms with Crippen molar-refractivity contribution in [3.63, 3.8) is 0 Å². The van der Waals surface area contributed by atoms with Crippen LogP contribution in [0.15, 0.2) is 0 Å².